The molecule has 29 heavy (non-hydrogen) atoms. The molecule has 1 aliphatic heterocycles. The molecule has 0 N–H and O–H groups in total. The third-order valence-corrected chi connectivity index (χ3v) is 4.17. The Labute approximate surface area is 171 Å². The van der Waals surface area contributed by atoms with Crippen molar-refractivity contribution in [3.8, 4) is 0 Å². The van der Waals surface area contributed by atoms with E-state index in [4.69, 9.17) is 9.47 Å². The Balaban J connectivity index is 2.07. The van der Waals surface area contributed by atoms with Gasteiger partial charge in [-0.1, -0.05) is 36.4 Å². The van der Waals surface area contributed by atoms with Crippen LogP contribution in [0.25, 0.3) is 0 Å². The number of carbonyl (C=O) groups excluding carboxylic acids is 3. The van der Waals surface area contributed by atoms with E-state index in [1.165, 1.54) is 29.1 Å². The van der Waals surface area contributed by atoms with E-state index in [2.05, 4.69) is 4.74 Å². The van der Waals surface area contributed by atoms with Gasteiger partial charge in [-0.05, 0) is 26.3 Å². The van der Waals surface area contributed by atoms with E-state index in [0.29, 0.717) is 6.54 Å². The molecule has 0 spiro atoms. The van der Waals surface area contributed by atoms with Gasteiger partial charge in [0.25, 0.3) is 0 Å². The number of benzene rings is 1. The maximum Gasteiger partial charge on any atom is 0.410 e. The fraction of sp³-hybridized carbons (Fsp3) is 0.476. The minimum absolute atomic E-state index is 0.138. The standard InChI is InChI=1S/C21H28N2O6/c1-21(2,3)29-19(25)22-12-13-23(17(14-22)10-11-18(24)27-4)20(26)28-15-16-8-6-5-7-9-16/h5-11,17H,12-15H2,1-4H3. The average Bonchev–Trinajstić information content (AvgIpc) is 2.69. The number of piperazine rings is 1. The SMILES string of the molecule is COC(=O)C=CC1CN(C(=O)OC(C)(C)C)CCN1C(=O)OCc1ccccc1. The van der Waals surface area contributed by atoms with Crippen LogP contribution in [-0.2, 0) is 25.6 Å². The molecule has 2 rings (SSSR count). The van der Waals surface area contributed by atoms with Crippen molar-refractivity contribution in [3.05, 3.63) is 48.0 Å². The first kappa shape index (κ1) is 22.3. The molecule has 1 aliphatic rings. The molecule has 8 heteroatoms. The summed E-state index contributed by atoms with van der Waals surface area (Å²) < 4.78 is 15.4. The number of rotatable bonds is 4. The molecular formula is C21H28N2O6. The van der Waals surface area contributed by atoms with E-state index in [1.54, 1.807) is 20.8 Å². The number of amides is 2. The van der Waals surface area contributed by atoms with Crippen LogP contribution in [0.3, 0.4) is 0 Å². The monoisotopic (exact) mass is 404 g/mol. The first-order chi connectivity index (χ1) is 13.7. The normalized spacial score (nSPS) is 17.2. The fourth-order valence-corrected chi connectivity index (χ4v) is 2.75. The summed E-state index contributed by atoms with van der Waals surface area (Å²) in [6.07, 6.45) is 1.79. The highest BCUT2D eigenvalue weighted by molar-refractivity contribution is 5.82. The van der Waals surface area contributed by atoms with E-state index in [-0.39, 0.29) is 19.7 Å². The van der Waals surface area contributed by atoms with Gasteiger partial charge in [0.1, 0.15) is 12.2 Å². The Hall–Kier alpha value is -3.03. The minimum atomic E-state index is -0.625. The number of methoxy groups -OCH3 is 1. The molecule has 8 nitrogen and oxygen atoms in total. The molecule has 1 aromatic carbocycles. The van der Waals surface area contributed by atoms with Crippen molar-refractivity contribution in [3.63, 3.8) is 0 Å². The molecule has 0 aromatic heterocycles. The number of esters is 1. The second-order valence-corrected chi connectivity index (χ2v) is 7.61. The Morgan fingerprint density at radius 1 is 1.10 bits per heavy atom. The highest BCUT2D eigenvalue weighted by Gasteiger charge is 2.34. The van der Waals surface area contributed by atoms with Gasteiger partial charge in [-0.25, -0.2) is 14.4 Å². The molecule has 0 radical (unpaired) electrons. The summed E-state index contributed by atoms with van der Waals surface area (Å²) in [6.45, 7) is 6.24. The van der Waals surface area contributed by atoms with Crippen molar-refractivity contribution in [2.45, 2.75) is 39.0 Å². The molecule has 158 valence electrons. The number of nitrogens with zero attached hydrogens (tertiary/aromatic N) is 2. The van der Waals surface area contributed by atoms with Crippen LogP contribution in [0.1, 0.15) is 26.3 Å². The summed E-state index contributed by atoms with van der Waals surface area (Å²) in [6, 6.07) is 8.80. The highest BCUT2D eigenvalue weighted by atomic mass is 16.6. The summed E-state index contributed by atoms with van der Waals surface area (Å²) in [4.78, 5) is 39.5. The van der Waals surface area contributed by atoms with Crippen LogP contribution >= 0.6 is 0 Å². The Morgan fingerprint density at radius 2 is 1.79 bits per heavy atom. The smallest absolute Gasteiger partial charge is 0.410 e. The summed E-state index contributed by atoms with van der Waals surface area (Å²) in [5.41, 5.74) is 0.245. The largest absolute Gasteiger partial charge is 0.466 e. The van der Waals surface area contributed by atoms with Gasteiger partial charge in [0, 0.05) is 25.7 Å². The molecule has 1 aromatic rings. The van der Waals surface area contributed by atoms with Crippen LogP contribution in [0.4, 0.5) is 9.59 Å². The van der Waals surface area contributed by atoms with Gasteiger partial charge < -0.3 is 19.1 Å². The maximum absolute atomic E-state index is 12.6. The van der Waals surface area contributed by atoms with Crippen LogP contribution in [0, 0.1) is 0 Å². The highest BCUT2D eigenvalue weighted by Crippen LogP contribution is 2.17. The zero-order valence-electron chi connectivity index (χ0n) is 17.3. The number of carbonyl (C=O) groups is 3. The zero-order chi connectivity index (χ0) is 21.4. The van der Waals surface area contributed by atoms with Gasteiger partial charge in [0.2, 0.25) is 0 Å². The molecule has 1 heterocycles. The lowest BCUT2D eigenvalue weighted by atomic mass is 10.1. The Kier molecular flexibility index (Phi) is 7.64. The van der Waals surface area contributed by atoms with E-state index in [9.17, 15) is 14.4 Å². The molecule has 0 bridgehead atoms. The van der Waals surface area contributed by atoms with E-state index in [0.717, 1.165) is 5.56 Å². The lowest BCUT2D eigenvalue weighted by molar-refractivity contribution is -0.134. The maximum atomic E-state index is 12.6. The molecule has 0 aliphatic carbocycles. The van der Waals surface area contributed by atoms with Gasteiger partial charge in [-0.2, -0.15) is 0 Å². The quantitative estimate of drug-likeness (QED) is 0.436. The zero-order valence-corrected chi connectivity index (χ0v) is 17.3. The average molecular weight is 404 g/mol. The lowest BCUT2D eigenvalue weighted by Gasteiger charge is -2.39. The predicted octanol–water partition coefficient (Wildman–Crippen LogP) is 2.97. The second-order valence-electron chi connectivity index (χ2n) is 7.61. The van der Waals surface area contributed by atoms with E-state index >= 15 is 0 Å². The van der Waals surface area contributed by atoms with E-state index in [1.807, 2.05) is 30.3 Å². The van der Waals surface area contributed by atoms with Gasteiger partial charge in [-0.3, -0.25) is 4.90 Å². The topological polar surface area (TPSA) is 85.4 Å². The molecule has 1 saturated heterocycles. The summed E-state index contributed by atoms with van der Waals surface area (Å²) in [5.74, 6) is -0.544. The van der Waals surface area contributed by atoms with Crippen LogP contribution in [0.5, 0.6) is 0 Å². The lowest BCUT2D eigenvalue weighted by Crippen LogP contribution is -2.56. The van der Waals surface area contributed by atoms with Crippen LogP contribution in [-0.4, -0.2) is 66.3 Å². The summed E-state index contributed by atoms with van der Waals surface area (Å²) >= 11 is 0. The van der Waals surface area contributed by atoms with Gasteiger partial charge in [-0.15, -0.1) is 0 Å². The second kappa shape index (κ2) is 9.95. The van der Waals surface area contributed by atoms with Crippen molar-refractivity contribution < 1.29 is 28.6 Å². The Morgan fingerprint density at radius 3 is 2.41 bits per heavy atom. The summed E-state index contributed by atoms with van der Waals surface area (Å²) in [5, 5.41) is 0. The summed E-state index contributed by atoms with van der Waals surface area (Å²) in [7, 11) is 1.27. The number of hydrogen-bond donors (Lipinski definition) is 0. The van der Waals surface area contributed by atoms with E-state index < -0.39 is 29.8 Å². The molecular weight excluding hydrogens is 376 g/mol. The fourth-order valence-electron chi connectivity index (χ4n) is 2.75. The number of hydrogen-bond acceptors (Lipinski definition) is 6. The first-order valence-corrected chi connectivity index (χ1v) is 9.41. The van der Waals surface area contributed by atoms with Crippen LogP contribution < -0.4 is 0 Å². The van der Waals surface area contributed by atoms with Gasteiger partial charge >= 0.3 is 18.2 Å². The van der Waals surface area contributed by atoms with Gasteiger partial charge in [0.05, 0.1) is 13.2 Å². The third kappa shape index (κ3) is 7.14. The Bertz CT molecular complexity index is 741. The molecule has 1 atom stereocenters. The molecule has 1 fully saturated rings. The van der Waals surface area contributed by atoms with Crippen molar-refractivity contribution in [1.29, 1.82) is 0 Å². The molecule has 1 unspecified atom stereocenters. The van der Waals surface area contributed by atoms with Crippen molar-refractivity contribution in [1.82, 2.24) is 9.80 Å². The number of ether oxygens (including phenoxy) is 3. The predicted molar refractivity (Wildman–Crippen MR) is 106 cm³/mol. The minimum Gasteiger partial charge on any atom is -0.466 e. The van der Waals surface area contributed by atoms with Gasteiger partial charge in [0.15, 0.2) is 0 Å². The van der Waals surface area contributed by atoms with Crippen LogP contribution in [0.2, 0.25) is 0 Å². The van der Waals surface area contributed by atoms with Crippen molar-refractivity contribution in [2.24, 2.45) is 0 Å². The van der Waals surface area contributed by atoms with Crippen molar-refractivity contribution >= 4 is 18.2 Å². The van der Waals surface area contributed by atoms with Crippen molar-refractivity contribution in [2.75, 3.05) is 26.7 Å². The third-order valence-electron chi connectivity index (χ3n) is 4.17. The first-order valence-electron chi connectivity index (χ1n) is 9.41. The molecule has 0 saturated carbocycles. The van der Waals surface area contributed by atoms with Crippen LogP contribution in [0.15, 0.2) is 42.5 Å². The molecule has 2 amide bonds.